The number of anilines is 2. The molecule has 1 aliphatic heterocycles. The number of carbonyl (C=O) groups excluding carboxylic acids is 1. The summed E-state index contributed by atoms with van der Waals surface area (Å²) >= 11 is 12.2. The third kappa shape index (κ3) is 4.10. The van der Waals surface area contributed by atoms with Crippen LogP contribution in [0.15, 0.2) is 50.0 Å². The number of furan rings is 1. The smallest absolute Gasteiger partial charge is 0.410 e. The van der Waals surface area contributed by atoms with Gasteiger partial charge in [0.2, 0.25) is 0 Å². The molecule has 2 atom stereocenters. The third-order valence-electron chi connectivity index (χ3n) is 4.55. The van der Waals surface area contributed by atoms with Gasteiger partial charge in [-0.2, -0.15) is 18.3 Å². The first kappa shape index (κ1) is 21.3. The van der Waals surface area contributed by atoms with Gasteiger partial charge < -0.3 is 15.1 Å². The minimum Gasteiger partial charge on any atom is -0.452 e. The largest absolute Gasteiger partial charge is 0.452 e. The summed E-state index contributed by atoms with van der Waals surface area (Å²) in [5.74, 6) is -0.281. The quantitative estimate of drug-likeness (QED) is 0.375. The fraction of sp³-hybridized carbons (Fsp3) is 0.222. The molecule has 0 aliphatic carbocycles. The van der Waals surface area contributed by atoms with Gasteiger partial charge in [0.25, 0.3) is 5.91 Å². The maximum atomic E-state index is 13.8. The SMILES string of the molecule is O=C(Nc1ccc(Cl)cc1)c1nn2c(c1Br)N[C@@H](c1ccc(Br)o1)C[C@@H]2C(F)(F)F. The zero-order valence-corrected chi connectivity index (χ0v) is 18.7. The summed E-state index contributed by atoms with van der Waals surface area (Å²) in [6, 6.07) is 6.81. The third-order valence-corrected chi connectivity index (χ3v) is 5.98. The van der Waals surface area contributed by atoms with Crippen LogP contribution in [-0.4, -0.2) is 21.9 Å². The van der Waals surface area contributed by atoms with Crippen molar-refractivity contribution in [2.24, 2.45) is 0 Å². The van der Waals surface area contributed by atoms with Crippen LogP contribution < -0.4 is 10.6 Å². The molecule has 3 aromatic rings. The van der Waals surface area contributed by atoms with E-state index in [1.807, 2.05) is 0 Å². The van der Waals surface area contributed by atoms with Crippen molar-refractivity contribution in [3.8, 4) is 0 Å². The van der Waals surface area contributed by atoms with E-state index < -0.39 is 24.2 Å². The van der Waals surface area contributed by atoms with Crippen LogP contribution in [-0.2, 0) is 0 Å². The monoisotopic (exact) mass is 566 g/mol. The number of fused-ring (bicyclic) bond motifs is 1. The maximum Gasteiger partial charge on any atom is 0.410 e. The standard InChI is InChI=1S/C18H12Br2ClF3N4O2/c19-13-6-5-11(30-13)10-7-12(18(22,23)24)28-16(26-10)14(20)15(27-28)17(29)25-9-3-1-8(21)2-4-9/h1-6,10,12,26H,7H2,(H,25,29)/t10-,12-/m1/s1. The van der Waals surface area contributed by atoms with Crippen molar-refractivity contribution in [1.29, 1.82) is 0 Å². The molecule has 2 aromatic heterocycles. The fourth-order valence-electron chi connectivity index (χ4n) is 3.16. The molecule has 1 aromatic carbocycles. The summed E-state index contributed by atoms with van der Waals surface area (Å²) in [5.41, 5.74) is 0.254. The first-order valence-electron chi connectivity index (χ1n) is 8.57. The number of hydrogen-bond donors (Lipinski definition) is 2. The second-order valence-electron chi connectivity index (χ2n) is 6.55. The molecule has 30 heavy (non-hydrogen) atoms. The number of carbonyl (C=O) groups is 1. The average Bonchev–Trinajstić information content (AvgIpc) is 3.26. The lowest BCUT2D eigenvalue weighted by atomic mass is 10.0. The molecular weight excluding hydrogens is 556 g/mol. The number of amides is 1. The van der Waals surface area contributed by atoms with Gasteiger partial charge >= 0.3 is 6.18 Å². The fourth-order valence-corrected chi connectivity index (χ4v) is 4.16. The topological polar surface area (TPSA) is 72.1 Å². The van der Waals surface area contributed by atoms with Gasteiger partial charge in [-0.3, -0.25) is 4.79 Å². The lowest BCUT2D eigenvalue weighted by Crippen LogP contribution is -2.35. The Morgan fingerprint density at radius 2 is 1.93 bits per heavy atom. The summed E-state index contributed by atoms with van der Waals surface area (Å²) < 4.78 is 48.1. The first-order valence-corrected chi connectivity index (χ1v) is 10.5. The molecule has 6 nitrogen and oxygen atoms in total. The molecule has 0 saturated heterocycles. The predicted octanol–water partition coefficient (Wildman–Crippen LogP) is 6.57. The molecule has 158 valence electrons. The van der Waals surface area contributed by atoms with E-state index in [-0.39, 0.29) is 22.4 Å². The van der Waals surface area contributed by atoms with Crippen molar-refractivity contribution in [2.45, 2.75) is 24.7 Å². The van der Waals surface area contributed by atoms with Crippen molar-refractivity contribution in [1.82, 2.24) is 9.78 Å². The second-order valence-corrected chi connectivity index (χ2v) is 8.56. The highest BCUT2D eigenvalue weighted by Gasteiger charge is 2.48. The van der Waals surface area contributed by atoms with Crippen LogP contribution in [0.1, 0.15) is 34.8 Å². The average molecular weight is 569 g/mol. The molecule has 4 rings (SSSR count). The summed E-state index contributed by atoms with van der Waals surface area (Å²) in [6.45, 7) is 0. The number of hydrogen-bond acceptors (Lipinski definition) is 4. The Bertz CT molecular complexity index is 1100. The Hall–Kier alpha value is -1.98. The van der Waals surface area contributed by atoms with E-state index in [4.69, 9.17) is 16.0 Å². The van der Waals surface area contributed by atoms with Gasteiger partial charge in [0, 0.05) is 17.1 Å². The first-order chi connectivity index (χ1) is 14.1. The van der Waals surface area contributed by atoms with Crippen molar-refractivity contribution in [3.63, 3.8) is 0 Å². The Balaban J connectivity index is 1.69. The number of alkyl halides is 3. The van der Waals surface area contributed by atoms with Crippen LogP contribution >= 0.6 is 43.5 Å². The van der Waals surface area contributed by atoms with Crippen LogP contribution in [0.25, 0.3) is 0 Å². The van der Waals surface area contributed by atoms with E-state index in [1.54, 1.807) is 36.4 Å². The molecular formula is C18H12Br2ClF3N4O2. The highest BCUT2D eigenvalue weighted by Crippen LogP contribution is 2.46. The van der Waals surface area contributed by atoms with Crippen molar-refractivity contribution in [3.05, 3.63) is 62.0 Å². The molecule has 1 amide bonds. The number of nitrogens with one attached hydrogen (secondary N) is 2. The molecule has 1 aliphatic rings. The summed E-state index contributed by atoms with van der Waals surface area (Å²) in [4.78, 5) is 12.7. The van der Waals surface area contributed by atoms with Gasteiger partial charge in [0.05, 0.1) is 10.5 Å². The number of halogens is 6. The predicted molar refractivity (Wildman–Crippen MR) is 112 cm³/mol. The highest BCUT2D eigenvalue weighted by atomic mass is 79.9. The van der Waals surface area contributed by atoms with E-state index in [0.29, 0.717) is 21.1 Å². The molecule has 0 bridgehead atoms. The second kappa shape index (κ2) is 7.93. The van der Waals surface area contributed by atoms with Crippen LogP contribution in [0.4, 0.5) is 24.7 Å². The molecule has 0 spiro atoms. The summed E-state index contributed by atoms with van der Waals surface area (Å²) in [7, 11) is 0. The van der Waals surface area contributed by atoms with Gasteiger partial charge in [-0.25, -0.2) is 4.68 Å². The van der Waals surface area contributed by atoms with Crippen LogP contribution in [0.5, 0.6) is 0 Å². The number of nitrogens with zero attached hydrogens (tertiary/aromatic N) is 2. The molecule has 0 saturated carbocycles. The van der Waals surface area contributed by atoms with E-state index in [9.17, 15) is 18.0 Å². The van der Waals surface area contributed by atoms with E-state index in [1.165, 1.54) is 0 Å². The number of aromatic nitrogens is 2. The molecule has 12 heteroatoms. The zero-order chi connectivity index (χ0) is 21.6. The number of rotatable bonds is 3. The Labute approximate surface area is 190 Å². The lowest BCUT2D eigenvalue weighted by Gasteiger charge is -2.32. The summed E-state index contributed by atoms with van der Waals surface area (Å²) in [6.07, 6.45) is -4.92. The lowest BCUT2D eigenvalue weighted by molar-refractivity contribution is -0.174. The zero-order valence-electron chi connectivity index (χ0n) is 14.8. The maximum absolute atomic E-state index is 13.8. The van der Waals surface area contributed by atoms with Gasteiger partial charge in [0.1, 0.15) is 11.6 Å². The van der Waals surface area contributed by atoms with Gasteiger partial charge in [-0.15, -0.1) is 0 Å². The van der Waals surface area contributed by atoms with E-state index in [2.05, 4.69) is 47.6 Å². The van der Waals surface area contributed by atoms with Gasteiger partial charge in [0.15, 0.2) is 16.4 Å². The minimum atomic E-state index is -4.58. The molecule has 0 fully saturated rings. The van der Waals surface area contributed by atoms with Crippen LogP contribution in [0, 0.1) is 0 Å². The van der Waals surface area contributed by atoms with Crippen LogP contribution in [0.2, 0.25) is 5.02 Å². The Morgan fingerprint density at radius 1 is 1.23 bits per heavy atom. The van der Waals surface area contributed by atoms with E-state index in [0.717, 1.165) is 4.68 Å². The normalized spacial score (nSPS) is 18.6. The number of benzene rings is 1. The van der Waals surface area contributed by atoms with Crippen LogP contribution in [0.3, 0.4) is 0 Å². The Morgan fingerprint density at radius 3 is 2.53 bits per heavy atom. The van der Waals surface area contributed by atoms with Crippen molar-refractivity contribution < 1.29 is 22.4 Å². The van der Waals surface area contributed by atoms with Crippen molar-refractivity contribution in [2.75, 3.05) is 10.6 Å². The molecule has 0 unspecified atom stereocenters. The summed E-state index contributed by atoms with van der Waals surface area (Å²) in [5, 5.41) is 10.0. The Kier molecular flexibility index (Phi) is 5.62. The van der Waals surface area contributed by atoms with Crippen molar-refractivity contribution >= 4 is 60.9 Å². The molecule has 0 radical (unpaired) electrons. The van der Waals surface area contributed by atoms with E-state index >= 15 is 0 Å². The molecule has 3 heterocycles. The molecule has 2 N–H and O–H groups in total. The van der Waals surface area contributed by atoms with Gasteiger partial charge in [-0.1, -0.05) is 11.6 Å². The highest BCUT2D eigenvalue weighted by molar-refractivity contribution is 9.10. The minimum absolute atomic E-state index is 0.0438. The van der Waals surface area contributed by atoms with Gasteiger partial charge in [-0.05, 0) is 68.3 Å².